The summed E-state index contributed by atoms with van der Waals surface area (Å²) in [7, 11) is -1.51. The van der Waals surface area contributed by atoms with Crippen LogP contribution in [0.3, 0.4) is 0 Å². The summed E-state index contributed by atoms with van der Waals surface area (Å²) in [5.41, 5.74) is 0.674. The van der Waals surface area contributed by atoms with Crippen molar-refractivity contribution in [1.29, 1.82) is 0 Å². The van der Waals surface area contributed by atoms with Gasteiger partial charge in [0.15, 0.2) is 8.32 Å². The number of hydrogen-bond donors (Lipinski definition) is 0. The van der Waals surface area contributed by atoms with Crippen molar-refractivity contribution in [2.24, 2.45) is 11.3 Å². The van der Waals surface area contributed by atoms with Gasteiger partial charge in [-0.2, -0.15) is 0 Å². The van der Waals surface area contributed by atoms with E-state index in [9.17, 15) is 0 Å². The quantitative estimate of drug-likeness (QED) is 0.641. The summed E-state index contributed by atoms with van der Waals surface area (Å²) in [5.74, 6) is 0.993. The van der Waals surface area contributed by atoms with Crippen molar-refractivity contribution in [2.75, 3.05) is 0 Å². The van der Waals surface area contributed by atoms with Crippen molar-refractivity contribution in [3.8, 4) is 0 Å². The molecule has 0 aromatic rings. The van der Waals surface area contributed by atoms with E-state index in [1.54, 1.807) is 0 Å². The Labute approximate surface area is 95.7 Å². The maximum atomic E-state index is 6.47. The van der Waals surface area contributed by atoms with Crippen LogP contribution in [0.2, 0.25) is 18.1 Å². The molecule has 0 unspecified atom stereocenters. The maximum absolute atomic E-state index is 6.47. The Balaban J connectivity index is 1.93. The second-order valence-electron chi connectivity index (χ2n) is 7.50. The van der Waals surface area contributed by atoms with Gasteiger partial charge in [0, 0.05) is 6.10 Å². The van der Waals surface area contributed by atoms with Gasteiger partial charge in [0.2, 0.25) is 0 Å². The molecule has 0 amide bonds. The van der Waals surface area contributed by atoms with Gasteiger partial charge in [0.25, 0.3) is 0 Å². The van der Waals surface area contributed by atoms with Crippen molar-refractivity contribution >= 4 is 8.32 Å². The lowest BCUT2D eigenvalue weighted by Crippen LogP contribution is -2.43. The Bertz CT molecular complexity index is 266. The van der Waals surface area contributed by atoms with Crippen LogP contribution in [0.5, 0.6) is 0 Å². The van der Waals surface area contributed by atoms with E-state index in [4.69, 9.17) is 4.43 Å². The first-order chi connectivity index (χ1) is 6.64. The Morgan fingerprint density at radius 1 is 1.20 bits per heavy atom. The lowest BCUT2D eigenvalue weighted by atomic mass is 10.1. The van der Waals surface area contributed by atoms with Crippen LogP contribution in [0.25, 0.3) is 0 Å². The van der Waals surface area contributed by atoms with E-state index in [-0.39, 0.29) is 0 Å². The minimum Gasteiger partial charge on any atom is -0.414 e. The third kappa shape index (κ3) is 2.03. The Morgan fingerprint density at radius 2 is 1.80 bits per heavy atom. The minimum absolute atomic E-state index is 0.362. The fourth-order valence-corrected chi connectivity index (χ4v) is 4.09. The van der Waals surface area contributed by atoms with E-state index < -0.39 is 8.32 Å². The highest BCUT2D eigenvalue weighted by Gasteiger charge is 2.57. The van der Waals surface area contributed by atoms with Crippen molar-refractivity contribution in [3.63, 3.8) is 0 Å². The first-order valence-corrected chi connectivity index (χ1v) is 9.23. The summed E-state index contributed by atoms with van der Waals surface area (Å²) < 4.78 is 6.47. The lowest BCUT2D eigenvalue weighted by Gasteiger charge is -2.39. The smallest absolute Gasteiger partial charge is 0.192 e. The molecule has 2 aliphatic rings. The largest absolute Gasteiger partial charge is 0.414 e. The third-order valence-electron chi connectivity index (χ3n) is 5.05. The van der Waals surface area contributed by atoms with Crippen LogP contribution in [-0.2, 0) is 4.43 Å². The number of hydrogen-bond acceptors (Lipinski definition) is 1. The van der Waals surface area contributed by atoms with Crippen molar-refractivity contribution in [2.45, 2.75) is 71.2 Å². The van der Waals surface area contributed by atoms with Crippen LogP contribution in [0.1, 0.15) is 47.0 Å². The Morgan fingerprint density at radius 3 is 2.20 bits per heavy atom. The van der Waals surface area contributed by atoms with Crippen molar-refractivity contribution < 1.29 is 4.43 Å². The molecule has 0 heterocycles. The molecule has 1 nitrogen and oxygen atoms in total. The van der Waals surface area contributed by atoms with Crippen LogP contribution in [0.15, 0.2) is 0 Å². The first kappa shape index (κ1) is 11.7. The predicted octanol–water partition coefficient (Wildman–Crippen LogP) is 4.20. The van der Waals surface area contributed by atoms with E-state index >= 15 is 0 Å². The van der Waals surface area contributed by atoms with Crippen molar-refractivity contribution in [3.05, 3.63) is 0 Å². The molecule has 2 saturated carbocycles. The van der Waals surface area contributed by atoms with E-state index in [0.29, 0.717) is 16.6 Å². The van der Waals surface area contributed by atoms with E-state index in [1.165, 1.54) is 19.3 Å². The Hall–Kier alpha value is 0.177. The molecule has 2 aliphatic carbocycles. The maximum Gasteiger partial charge on any atom is 0.192 e. The van der Waals surface area contributed by atoms with Gasteiger partial charge in [-0.1, -0.05) is 27.7 Å². The monoisotopic (exact) mass is 226 g/mol. The van der Waals surface area contributed by atoms with Crippen LogP contribution >= 0.6 is 0 Å². The summed E-state index contributed by atoms with van der Waals surface area (Å²) in [6.07, 6.45) is 4.70. The first-order valence-electron chi connectivity index (χ1n) is 6.32. The highest BCUT2D eigenvalue weighted by molar-refractivity contribution is 6.74. The van der Waals surface area contributed by atoms with Gasteiger partial charge in [-0.15, -0.1) is 0 Å². The normalized spacial score (nSPS) is 40.4. The van der Waals surface area contributed by atoms with Crippen LogP contribution < -0.4 is 0 Å². The highest BCUT2D eigenvalue weighted by atomic mass is 28.4. The summed E-state index contributed by atoms with van der Waals surface area (Å²) in [6, 6.07) is 0. The average molecular weight is 226 g/mol. The van der Waals surface area contributed by atoms with Crippen LogP contribution in [0.4, 0.5) is 0 Å². The van der Waals surface area contributed by atoms with Crippen molar-refractivity contribution in [1.82, 2.24) is 0 Å². The molecule has 15 heavy (non-hydrogen) atoms. The second kappa shape index (κ2) is 3.10. The number of fused-ring (bicyclic) bond motifs is 1. The molecule has 3 atom stereocenters. The molecule has 0 aromatic carbocycles. The molecule has 0 aromatic heterocycles. The van der Waals surface area contributed by atoms with Crippen LogP contribution in [-0.4, -0.2) is 14.4 Å². The average Bonchev–Trinajstić information content (AvgIpc) is 2.47. The van der Waals surface area contributed by atoms with Gasteiger partial charge in [0.1, 0.15) is 0 Å². The van der Waals surface area contributed by atoms with Gasteiger partial charge in [-0.3, -0.25) is 0 Å². The fourth-order valence-electron chi connectivity index (χ4n) is 2.73. The molecule has 0 aliphatic heterocycles. The summed E-state index contributed by atoms with van der Waals surface area (Å²) in [5, 5.41) is 0.362. The standard InChI is InChI=1S/C13H26OSi/c1-12(2,3)15(5,6)14-11-7-10-8-13(10,4)9-11/h10-11H,7-9H2,1-6H3/t10-,11+,13-/m1/s1. The zero-order valence-corrected chi connectivity index (χ0v) is 12.2. The topological polar surface area (TPSA) is 9.23 Å². The predicted molar refractivity (Wildman–Crippen MR) is 67.5 cm³/mol. The van der Waals surface area contributed by atoms with E-state index in [0.717, 1.165) is 5.92 Å². The fraction of sp³-hybridized carbons (Fsp3) is 1.00. The highest BCUT2D eigenvalue weighted by Crippen LogP contribution is 2.64. The molecular weight excluding hydrogens is 200 g/mol. The zero-order chi connectivity index (χ0) is 11.5. The molecule has 88 valence electrons. The van der Waals surface area contributed by atoms with Crippen LogP contribution in [0, 0.1) is 11.3 Å². The molecule has 0 N–H and O–H groups in total. The molecule has 0 saturated heterocycles. The molecule has 2 rings (SSSR count). The molecular formula is C13H26OSi. The van der Waals surface area contributed by atoms with Gasteiger partial charge < -0.3 is 4.43 Å². The Kier molecular flexibility index (Phi) is 2.41. The SMILES string of the molecule is CC(C)(C)[Si](C)(C)O[C@H]1C[C@@H]2C[C@]2(C)C1. The van der Waals surface area contributed by atoms with Gasteiger partial charge in [-0.05, 0) is 48.7 Å². The van der Waals surface area contributed by atoms with Gasteiger partial charge in [-0.25, -0.2) is 0 Å². The van der Waals surface area contributed by atoms with E-state index in [1.807, 2.05) is 0 Å². The lowest BCUT2D eigenvalue weighted by molar-refractivity contribution is 0.167. The molecule has 2 heteroatoms. The molecule has 0 spiro atoms. The third-order valence-corrected chi connectivity index (χ3v) is 9.58. The second-order valence-corrected chi connectivity index (χ2v) is 12.3. The molecule has 2 fully saturated rings. The molecule has 0 radical (unpaired) electrons. The summed E-state index contributed by atoms with van der Waals surface area (Å²) >= 11 is 0. The van der Waals surface area contributed by atoms with E-state index in [2.05, 4.69) is 40.8 Å². The summed E-state index contributed by atoms with van der Waals surface area (Å²) in [4.78, 5) is 0. The number of rotatable bonds is 2. The van der Waals surface area contributed by atoms with Gasteiger partial charge in [0.05, 0.1) is 0 Å². The minimum atomic E-state index is -1.51. The van der Waals surface area contributed by atoms with Gasteiger partial charge >= 0.3 is 0 Å². The zero-order valence-electron chi connectivity index (χ0n) is 11.2. The molecule has 0 bridgehead atoms. The summed E-state index contributed by atoms with van der Waals surface area (Å²) in [6.45, 7) is 14.2.